The Labute approximate surface area is 160 Å². The lowest BCUT2D eigenvalue weighted by Crippen LogP contribution is -2.20. The van der Waals surface area contributed by atoms with Crippen LogP contribution in [-0.2, 0) is 0 Å². The number of rotatable bonds is 3. The van der Waals surface area contributed by atoms with E-state index in [-0.39, 0.29) is 5.56 Å². The number of hydrogen-bond acceptors (Lipinski definition) is 0. The summed E-state index contributed by atoms with van der Waals surface area (Å²) < 4.78 is 114. The summed E-state index contributed by atoms with van der Waals surface area (Å²) in [5, 5.41) is 0. The third kappa shape index (κ3) is 3.10. The summed E-state index contributed by atoms with van der Waals surface area (Å²) in [5.41, 5.74) is -5.75. The molecule has 0 atom stereocenters. The monoisotopic (exact) mass is 412 g/mol. The summed E-state index contributed by atoms with van der Waals surface area (Å²) in [6.45, 7) is 3.48. The SMILES string of the molecule is Bc1c(F)c(F)c(-c2c(F)c(F)c(-c3ccc(C=C)cc3)c(F)c2F)c(F)c1F. The first-order chi connectivity index (χ1) is 13.6. The molecule has 0 saturated heterocycles. The molecule has 0 saturated carbocycles. The van der Waals surface area contributed by atoms with E-state index in [2.05, 4.69) is 6.58 Å². The van der Waals surface area contributed by atoms with Crippen LogP contribution >= 0.6 is 0 Å². The second-order valence-corrected chi connectivity index (χ2v) is 6.09. The molecule has 0 radical (unpaired) electrons. The van der Waals surface area contributed by atoms with Crippen molar-refractivity contribution < 1.29 is 35.1 Å². The van der Waals surface area contributed by atoms with E-state index in [0.29, 0.717) is 13.4 Å². The highest BCUT2D eigenvalue weighted by atomic mass is 19.2. The molecule has 0 aliphatic heterocycles. The lowest BCUT2D eigenvalue weighted by Gasteiger charge is -2.15. The molecule has 9 heteroatoms. The van der Waals surface area contributed by atoms with Gasteiger partial charge in [0.2, 0.25) is 0 Å². The van der Waals surface area contributed by atoms with Crippen molar-refractivity contribution in [2.75, 3.05) is 0 Å². The number of hydrogen-bond donors (Lipinski definition) is 0. The van der Waals surface area contributed by atoms with Crippen LogP contribution in [0.25, 0.3) is 28.3 Å². The molecule has 148 valence electrons. The lowest BCUT2D eigenvalue weighted by atomic mass is 9.89. The van der Waals surface area contributed by atoms with Crippen LogP contribution in [0.4, 0.5) is 35.1 Å². The molecule has 0 amide bonds. The lowest BCUT2D eigenvalue weighted by molar-refractivity contribution is 0.448. The fourth-order valence-electron chi connectivity index (χ4n) is 2.85. The molecule has 0 heterocycles. The molecule has 0 N–H and O–H groups in total. The second-order valence-electron chi connectivity index (χ2n) is 6.09. The second kappa shape index (κ2) is 7.38. The van der Waals surface area contributed by atoms with Crippen molar-refractivity contribution in [3.05, 3.63) is 82.9 Å². The van der Waals surface area contributed by atoms with Gasteiger partial charge in [-0.15, -0.1) is 0 Å². The number of halogens is 8. The van der Waals surface area contributed by atoms with E-state index < -0.39 is 68.7 Å². The Morgan fingerprint density at radius 2 is 0.897 bits per heavy atom. The van der Waals surface area contributed by atoms with E-state index in [1.165, 1.54) is 18.2 Å². The van der Waals surface area contributed by atoms with Crippen molar-refractivity contribution >= 4 is 19.4 Å². The van der Waals surface area contributed by atoms with Crippen LogP contribution < -0.4 is 5.46 Å². The van der Waals surface area contributed by atoms with Gasteiger partial charge in [-0.1, -0.05) is 36.9 Å². The molecule has 3 aromatic rings. The molecule has 3 rings (SSSR count). The van der Waals surface area contributed by atoms with E-state index in [4.69, 9.17) is 0 Å². The van der Waals surface area contributed by atoms with Crippen LogP contribution in [0.5, 0.6) is 0 Å². The summed E-state index contributed by atoms with van der Waals surface area (Å²) in [4.78, 5) is 0. The zero-order valence-electron chi connectivity index (χ0n) is 14.6. The molecule has 29 heavy (non-hydrogen) atoms. The summed E-state index contributed by atoms with van der Waals surface area (Å²) in [6.07, 6.45) is 1.41. The fraction of sp³-hybridized carbons (Fsp3) is 0. The van der Waals surface area contributed by atoms with Crippen LogP contribution in [0.3, 0.4) is 0 Å². The highest BCUT2D eigenvalue weighted by molar-refractivity contribution is 6.32. The molecule has 0 spiro atoms. The Balaban J connectivity index is 2.37. The Bertz CT molecular complexity index is 1090. The third-order valence-electron chi connectivity index (χ3n) is 4.43. The van der Waals surface area contributed by atoms with Gasteiger partial charge in [0.05, 0.1) is 16.7 Å². The van der Waals surface area contributed by atoms with Gasteiger partial charge in [0.1, 0.15) is 7.85 Å². The molecule has 0 aromatic heterocycles. The van der Waals surface area contributed by atoms with Crippen molar-refractivity contribution in [1.29, 1.82) is 0 Å². The molecular weight excluding hydrogens is 403 g/mol. The maximum Gasteiger partial charge on any atom is 0.170 e. The molecule has 3 aromatic carbocycles. The highest BCUT2D eigenvalue weighted by Crippen LogP contribution is 2.39. The van der Waals surface area contributed by atoms with Crippen molar-refractivity contribution in [3.63, 3.8) is 0 Å². The first-order valence-corrected chi connectivity index (χ1v) is 8.03. The summed E-state index contributed by atoms with van der Waals surface area (Å²) in [6, 6.07) is 5.00. The molecule has 0 nitrogen and oxygen atoms in total. The van der Waals surface area contributed by atoms with E-state index in [1.807, 2.05) is 0 Å². The van der Waals surface area contributed by atoms with Crippen LogP contribution in [0.2, 0.25) is 0 Å². The largest absolute Gasteiger partial charge is 0.204 e. The Hall–Kier alpha value is -3.10. The van der Waals surface area contributed by atoms with E-state index in [0.717, 1.165) is 12.1 Å². The van der Waals surface area contributed by atoms with Crippen LogP contribution in [0, 0.1) is 46.5 Å². The van der Waals surface area contributed by atoms with Gasteiger partial charge in [-0.3, -0.25) is 0 Å². The Morgan fingerprint density at radius 3 is 1.28 bits per heavy atom. The molecule has 0 bridgehead atoms. The quantitative estimate of drug-likeness (QED) is 0.322. The summed E-state index contributed by atoms with van der Waals surface area (Å²) >= 11 is 0. The predicted octanol–water partition coefficient (Wildman–Crippen LogP) is 5.03. The van der Waals surface area contributed by atoms with Crippen LogP contribution in [0.15, 0.2) is 30.8 Å². The first kappa shape index (κ1) is 20.6. The van der Waals surface area contributed by atoms with E-state index in [9.17, 15) is 35.1 Å². The summed E-state index contributed by atoms with van der Waals surface area (Å²) in [7, 11) is 0.685. The average Bonchev–Trinajstić information content (AvgIpc) is 2.72. The Morgan fingerprint density at radius 1 is 0.552 bits per heavy atom. The topological polar surface area (TPSA) is 0 Å². The average molecular weight is 412 g/mol. The first-order valence-electron chi connectivity index (χ1n) is 8.03. The zero-order chi connectivity index (χ0) is 21.6. The van der Waals surface area contributed by atoms with Gasteiger partial charge in [0.15, 0.2) is 46.5 Å². The van der Waals surface area contributed by atoms with Crippen LogP contribution in [0.1, 0.15) is 5.56 Å². The Kier molecular flexibility index (Phi) is 5.25. The van der Waals surface area contributed by atoms with Crippen LogP contribution in [-0.4, -0.2) is 7.85 Å². The van der Waals surface area contributed by atoms with Gasteiger partial charge < -0.3 is 0 Å². The van der Waals surface area contributed by atoms with Gasteiger partial charge >= 0.3 is 0 Å². The smallest absolute Gasteiger partial charge is 0.170 e. The predicted molar refractivity (Wildman–Crippen MR) is 95.2 cm³/mol. The van der Waals surface area contributed by atoms with Gasteiger partial charge in [-0.25, -0.2) is 35.1 Å². The molecule has 0 aliphatic rings. The third-order valence-corrected chi connectivity index (χ3v) is 4.43. The standard InChI is InChI=1S/C20H9BF8/c1-2-7-3-5-8(6-4-7)9-13(22)15(24)10(16(25)14(9)23)11-17(26)19(28)12(21)20(29)18(11)27/h2-6H,1,21H2. The van der Waals surface area contributed by atoms with Gasteiger partial charge in [-0.2, -0.15) is 0 Å². The zero-order valence-corrected chi connectivity index (χ0v) is 14.6. The van der Waals surface area contributed by atoms with Gasteiger partial charge in [0, 0.05) is 0 Å². The highest BCUT2D eigenvalue weighted by Gasteiger charge is 2.33. The normalized spacial score (nSPS) is 11.0. The fourth-order valence-corrected chi connectivity index (χ4v) is 2.85. The van der Waals surface area contributed by atoms with Gasteiger partial charge in [-0.05, 0) is 16.6 Å². The minimum absolute atomic E-state index is 0.280. The van der Waals surface area contributed by atoms with Crippen molar-refractivity contribution in [1.82, 2.24) is 0 Å². The molecule has 0 fully saturated rings. The van der Waals surface area contributed by atoms with Crippen molar-refractivity contribution in [3.8, 4) is 22.3 Å². The van der Waals surface area contributed by atoms with E-state index >= 15 is 0 Å². The molecule has 0 aliphatic carbocycles. The maximum absolute atomic E-state index is 14.6. The van der Waals surface area contributed by atoms with E-state index in [1.54, 1.807) is 0 Å². The summed E-state index contributed by atoms with van der Waals surface area (Å²) in [5.74, 6) is -16.6. The minimum Gasteiger partial charge on any atom is -0.204 e. The molecular formula is C20H9BF8. The van der Waals surface area contributed by atoms with Crippen molar-refractivity contribution in [2.45, 2.75) is 0 Å². The molecule has 0 unspecified atom stereocenters. The maximum atomic E-state index is 14.6. The number of benzene rings is 3. The minimum atomic E-state index is -2.20. The van der Waals surface area contributed by atoms with Gasteiger partial charge in [0.25, 0.3) is 0 Å². The van der Waals surface area contributed by atoms with Crippen molar-refractivity contribution in [2.24, 2.45) is 0 Å².